The summed E-state index contributed by atoms with van der Waals surface area (Å²) in [7, 11) is 0. The predicted molar refractivity (Wildman–Crippen MR) is 31.8 cm³/mol. The molecule has 0 aromatic carbocycles. The molecule has 3 atom stereocenters. The minimum atomic E-state index is -0.801. The quantitative estimate of drug-likeness (QED) is 0.370. The lowest BCUT2D eigenvalue weighted by Crippen LogP contribution is -2.31. The molecule has 3 N–H and O–H groups in total. The number of aliphatic hydroxyl groups is 3. The van der Waals surface area contributed by atoms with Gasteiger partial charge >= 0.3 is 0 Å². The first-order chi connectivity index (χ1) is 4.20. The Kier molecular flexibility index (Phi) is 1.85. The van der Waals surface area contributed by atoms with Gasteiger partial charge in [-0.3, -0.25) is 0 Å². The summed E-state index contributed by atoms with van der Waals surface area (Å²) in [5.41, 5.74) is 0. The first-order valence-corrected chi connectivity index (χ1v) is 2.92. The van der Waals surface area contributed by atoms with Crippen LogP contribution in [0.25, 0.3) is 0 Å². The van der Waals surface area contributed by atoms with Crippen molar-refractivity contribution in [2.75, 3.05) is 0 Å². The summed E-state index contributed by atoms with van der Waals surface area (Å²) in [6.07, 6.45) is 0.926. The minimum absolute atomic E-state index is 0.234. The minimum Gasteiger partial charge on any atom is -0.390 e. The Balaban J connectivity index is 2.54. The summed E-state index contributed by atoms with van der Waals surface area (Å²) in [6, 6.07) is 0. The Hall–Kier alpha value is -0.380. The number of rotatable bonds is 0. The molecule has 0 aromatic rings. The molecule has 0 heterocycles. The zero-order valence-corrected chi connectivity index (χ0v) is 4.94. The monoisotopic (exact) mass is 130 g/mol. The maximum Gasteiger partial charge on any atom is 0.0981 e. The zero-order chi connectivity index (χ0) is 6.85. The first-order valence-electron chi connectivity index (χ1n) is 2.92. The van der Waals surface area contributed by atoms with Gasteiger partial charge < -0.3 is 15.3 Å². The second kappa shape index (κ2) is 2.47. The van der Waals surface area contributed by atoms with Crippen molar-refractivity contribution in [3.63, 3.8) is 0 Å². The molecule has 0 unspecified atom stereocenters. The highest BCUT2D eigenvalue weighted by atomic mass is 16.3. The average Bonchev–Trinajstić information content (AvgIpc) is 1.80. The summed E-state index contributed by atoms with van der Waals surface area (Å²) in [4.78, 5) is 0. The fourth-order valence-corrected chi connectivity index (χ4v) is 0.836. The van der Waals surface area contributed by atoms with Crippen molar-refractivity contribution in [3.8, 4) is 0 Å². The summed E-state index contributed by atoms with van der Waals surface area (Å²) in [5.74, 6) is 0. The second-order valence-electron chi connectivity index (χ2n) is 2.25. The van der Waals surface area contributed by atoms with Gasteiger partial charge in [-0.05, 0) is 0 Å². The van der Waals surface area contributed by atoms with Gasteiger partial charge in [-0.1, -0.05) is 12.2 Å². The number of hydrogen-bond donors (Lipinski definition) is 3. The molecule has 0 saturated heterocycles. The van der Waals surface area contributed by atoms with E-state index in [1.54, 1.807) is 0 Å². The smallest absolute Gasteiger partial charge is 0.0981 e. The maximum absolute atomic E-state index is 8.89. The van der Waals surface area contributed by atoms with Crippen LogP contribution in [0, 0.1) is 0 Å². The van der Waals surface area contributed by atoms with E-state index >= 15 is 0 Å². The van der Waals surface area contributed by atoms with Crippen LogP contribution >= 0.6 is 0 Å². The van der Waals surface area contributed by atoms with Crippen molar-refractivity contribution < 1.29 is 15.3 Å². The van der Waals surface area contributed by atoms with E-state index in [1.807, 2.05) is 0 Å². The van der Waals surface area contributed by atoms with Crippen LogP contribution in [0.4, 0.5) is 0 Å². The standard InChI is InChI=1S/C6H10O3/c7-4-1-2-5(8)6(9)3-4/h1-2,4-9H,3H2/t4-,5-,6+/m0/s1. The lowest BCUT2D eigenvalue weighted by molar-refractivity contribution is 0.0101. The molecule has 0 bridgehead atoms. The molecule has 0 aliphatic heterocycles. The van der Waals surface area contributed by atoms with Gasteiger partial charge in [-0.25, -0.2) is 0 Å². The van der Waals surface area contributed by atoms with Crippen LogP contribution in [0.3, 0.4) is 0 Å². The molecule has 0 radical (unpaired) electrons. The zero-order valence-electron chi connectivity index (χ0n) is 4.94. The van der Waals surface area contributed by atoms with Gasteiger partial charge in [0.2, 0.25) is 0 Å². The van der Waals surface area contributed by atoms with Crippen LogP contribution < -0.4 is 0 Å². The van der Waals surface area contributed by atoms with E-state index in [0.717, 1.165) is 0 Å². The fourth-order valence-electron chi connectivity index (χ4n) is 0.836. The van der Waals surface area contributed by atoms with Crippen LogP contribution in [-0.2, 0) is 0 Å². The van der Waals surface area contributed by atoms with Crippen LogP contribution in [0.5, 0.6) is 0 Å². The third-order valence-electron chi connectivity index (χ3n) is 1.41. The van der Waals surface area contributed by atoms with Gasteiger partial charge in [0.1, 0.15) is 0 Å². The second-order valence-corrected chi connectivity index (χ2v) is 2.25. The van der Waals surface area contributed by atoms with E-state index in [4.69, 9.17) is 15.3 Å². The first kappa shape index (κ1) is 6.74. The molecule has 0 saturated carbocycles. The summed E-state index contributed by atoms with van der Waals surface area (Å²) >= 11 is 0. The Morgan fingerprint density at radius 3 is 2.22 bits per heavy atom. The van der Waals surface area contributed by atoms with Crippen LogP contribution in [0.15, 0.2) is 12.2 Å². The van der Waals surface area contributed by atoms with Crippen LogP contribution in [-0.4, -0.2) is 33.6 Å². The molecule has 52 valence electrons. The fraction of sp³-hybridized carbons (Fsp3) is 0.667. The number of hydrogen-bond acceptors (Lipinski definition) is 3. The lowest BCUT2D eigenvalue weighted by Gasteiger charge is -2.20. The van der Waals surface area contributed by atoms with E-state index in [2.05, 4.69) is 0 Å². The van der Waals surface area contributed by atoms with Gasteiger partial charge in [0.05, 0.1) is 18.3 Å². The highest BCUT2D eigenvalue weighted by molar-refractivity contribution is 5.02. The average molecular weight is 130 g/mol. The molecule has 0 amide bonds. The van der Waals surface area contributed by atoms with Gasteiger partial charge in [0, 0.05) is 6.42 Å². The summed E-state index contributed by atoms with van der Waals surface area (Å²) in [5, 5.41) is 26.6. The van der Waals surface area contributed by atoms with E-state index in [1.165, 1.54) is 12.2 Å². The third kappa shape index (κ3) is 1.51. The molecular weight excluding hydrogens is 120 g/mol. The lowest BCUT2D eigenvalue weighted by atomic mass is 10.00. The van der Waals surface area contributed by atoms with E-state index in [-0.39, 0.29) is 6.42 Å². The molecule has 3 nitrogen and oxygen atoms in total. The van der Waals surface area contributed by atoms with Crippen molar-refractivity contribution in [1.29, 1.82) is 0 Å². The molecule has 0 spiro atoms. The Morgan fingerprint density at radius 1 is 1.11 bits per heavy atom. The van der Waals surface area contributed by atoms with E-state index in [0.29, 0.717) is 0 Å². The molecule has 3 heteroatoms. The Morgan fingerprint density at radius 2 is 1.78 bits per heavy atom. The van der Waals surface area contributed by atoms with Crippen molar-refractivity contribution in [2.24, 2.45) is 0 Å². The molecule has 9 heavy (non-hydrogen) atoms. The van der Waals surface area contributed by atoms with Crippen molar-refractivity contribution in [3.05, 3.63) is 12.2 Å². The highest BCUT2D eigenvalue weighted by Crippen LogP contribution is 2.11. The summed E-state index contributed by atoms with van der Waals surface area (Å²) < 4.78 is 0. The maximum atomic E-state index is 8.89. The topological polar surface area (TPSA) is 60.7 Å². The molecular formula is C6H10O3. The SMILES string of the molecule is O[C@@H]1C[C@@H](O)C=C[C@@H]1O. The van der Waals surface area contributed by atoms with Crippen molar-refractivity contribution in [2.45, 2.75) is 24.7 Å². The van der Waals surface area contributed by atoms with Crippen molar-refractivity contribution in [1.82, 2.24) is 0 Å². The highest BCUT2D eigenvalue weighted by Gasteiger charge is 2.20. The van der Waals surface area contributed by atoms with E-state index < -0.39 is 18.3 Å². The molecule has 0 fully saturated rings. The molecule has 1 aliphatic carbocycles. The van der Waals surface area contributed by atoms with Crippen LogP contribution in [0.2, 0.25) is 0 Å². The summed E-state index contributed by atoms with van der Waals surface area (Å²) in [6.45, 7) is 0. The third-order valence-corrected chi connectivity index (χ3v) is 1.41. The Bertz CT molecular complexity index is 121. The normalized spacial score (nSPS) is 43.2. The van der Waals surface area contributed by atoms with Gasteiger partial charge in [0.25, 0.3) is 0 Å². The predicted octanol–water partition coefficient (Wildman–Crippen LogP) is -0.971. The molecule has 0 aromatic heterocycles. The van der Waals surface area contributed by atoms with Gasteiger partial charge in [-0.2, -0.15) is 0 Å². The van der Waals surface area contributed by atoms with Gasteiger partial charge in [-0.15, -0.1) is 0 Å². The Labute approximate surface area is 53.3 Å². The van der Waals surface area contributed by atoms with Gasteiger partial charge in [0.15, 0.2) is 0 Å². The largest absolute Gasteiger partial charge is 0.390 e. The van der Waals surface area contributed by atoms with Crippen molar-refractivity contribution >= 4 is 0 Å². The van der Waals surface area contributed by atoms with Crippen LogP contribution in [0.1, 0.15) is 6.42 Å². The molecule has 1 aliphatic rings. The number of aliphatic hydroxyl groups excluding tert-OH is 3. The molecule has 1 rings (SSSR count). The van der Waals surface area contributed by atoms with E-state index in [9.17, 15) is 0 Å².